The molecule has 0 aliphatic carbocycles. The fourth-order valence-corrected chi connectivity index (χ4v) is 0.822. The lowest BCUT2D eigenvalue weighted by Crippen LogP contribution is -2.18. The van der Waals surface area contributed by atoms with Gasteiger partial charge in [-0.2, -0.15) is 0 Å². The molecule has 0 bridgehead atoms. The first kappa shape index (κ1) is 7.74. The van der Waals surface area contributed by atoms with Crippen LogP contribution in [0, 0.1) is 0 Å². The fraction of sp³-hybridized carbons (Fsp3) is 0.333. The largest absolute Gasteiger partial charge is 0.395 e. The summed E-state index contributed by atoms with van der Waals surface area (Å²) < 4.78 is 1.50. The summed E-state index contributed by atoms with van der Waals surface area (Å²) in [6, 6.07) is 0. The van der Waals surface area contributed by atoms with E-state index in [4.69, 9.17) is 10.8 Å². The molecule has 1 aromatic heterocycles. The average molecular weight is 155 g/mol. The molecule has 0 radical (unpaired) electrons. The van der Waals surface area contributed by atoms with E-state index in [0.717, 1.165) is 0 Å². The van der Waals surface area contributed by atoms with E-state index in [1.54, 1.807) is 6.20 Å². The quantitative estimate of drug-likeness (QED) is 0.585. The van der Waals surface area contributed by atoms with Crippen molar-refractivity contribution >= 4 is 5.91 Å². The van der Waals surface area contributed by atoms with E-state index in [1.807, 2.05) is 0 Å². The highest BCUT2D eigenvalue weighted by Crippen LogP contribution is 1.94. The molecule has 5 nitrogen and oxygen atoms in total. The minimum absolute atomic E-state index is 0.0311. The lowest BCUT2D eigenvalue weighted by Gasteiger charge is -2.00. The molecule has 0 fully saturated rings. The minimum atomic E-state index is -0.580. The van der Waals surface area contributed by atoms with Crippen LogP contribution in [0.15, 0.2) is 12.4 Å². The number of nitrogens with zero attached hydrogens (tertiary/aromatic N) is 2. The van der Waals surface area contributed by atoms with Crippen LogP contribution in [0.3, 0.4) is 0 Å². The number of aromatic nitrogens is 2. The summed E-state index contributed by atoms with van der Waals surface area (Å²) in [5.41, 5.74) is 4.99. The third-order valence-electron chi connectivity index (χ3n) is 1.28. The summed E-state index contributed by atoms with van der Waals surface area (Å²) >= 11 is 0. The normalized spacial score (nSPS) is 9.91. The zero-order valence-electron chi connectivity index (χ0n) is 5.90. The molecular formula is C6H9N3O2. The van der Waals surface area contributed by atoms with Crippen LogP contribution < -0.4 is 5.73 Å². The van der Waals surface area contributed by atoms with Gasteiger partial charge in [0.2, 0.25) is 0 Å². The van der Waals surface area contributed by atoms with Crippen LogP contribution in [0.25, 0.3) is 0 Å². The molecule has 0 aromatic carbocycles. The highest BCUT2D eigenvalue weighted by Gasteiger charge is 2.06. The lowest BCUT2D eigenvalue weighted by atomic mass is 10.5. The van der Waals surface area contributed by atoms with Crippen LogP contribution in [-0.4, -0.2) is 27.2 Å². The van der Waals surface area contributed by atoms with E-state index in [9.17, 15) is 4.79 Å². The number of aliphatic hydroxyl groups is 1. The topological polar surface area (TPSA) is 81.1 Å². The number of imidazole rings is 1. The van der Waals surface area contributed by atoms with Gasteiger partial charge in [-0.15, -0.1) is 0 Å². The van der Waals surface area contributed by atoms with Crippen molar-refractivity contribution < 1.29 is 9.90 Å². The second kappa shape index (κ2) is 3.16. The van der Waals surface area contributed by atoms with Crippen LogP contribution in [0.4, 0.5) is 0 Å². The summed E-state index contributed by atoms with van der Waals surface area (Å²) in [5.74, 6) is -0.400. The molecule has 5 heteroatoms. The molecule has 0 aliphatic rings. The second-order valence-corrected chi connectivity index (χ2v) is 2.03. The Morgan fingerprint density at radius 2 is 2.55 bits per heavy atom. The maximum absolute atomic E-state index is 10.6. The van der Waals surface area contributed by atoms with Gasteiger partial charge in [-0.25, -0.2) is 4.98 Å². The van der Waals surface area contributed by atoms with E-state index < -0.39 is 5.91 Å². The molecular weight excluding hydrogens is 146 g/mol. The van der Waals surface area contributed by atoms with Gasteiger partial charge in [0.25, 0.3) is 5.91 Å². The molecule has 3 N–H and O–H groups in total. The highest BCUT2D eigenvalue weighted by atomic mass is 16.3. The van der Waals surface area contributed by atoms with Crippen molar-refractivity contribution in [2.75, 3.05) is 6.61 Å². The third kappa shape index (κ3) is 1.56. The molecule has 0 saturated carbocycles. The minimum Gasteiger partial charge on any atom is -0.395 e. The number of carbonyl (C=O) groups excluding carboxylic acids is 1. The van der Waals surface area contributed by atoms with Crippen molar-refractivity contribution in [1.29, 1.82) is 0 Å². The Morgan fingerprint density at radius 1 is 1.82 bits per heavy atom. The number of primary amides is 1. The predicted molar refractivity (Wildman–Crippen MR) is 37.8 cm³/mol. The lowest BCUT2D eigenvalue weighted by molar-refractivity contribution is 0.0985. The molecule has 60 valence electrons. The maximum atomic E-state index is 10.6. The number of amides is 1. The molecule has 0 spiro atoms. The molecule has 1 aromatic rings. The SMILES string of the molecule is NC(=O)c1nccn1CCO. The van der Waals surface area contributed by atoms with E-state index in [-0.39, 0.29) is 12.4 Å². The Kier molecular flexibility index (Phi) is 2.22. The van der Waals surface area contributed by atoms with Gasteiger partial charge in [-0.3, -0.25) is 4.79 Å². The van der Waals surface area contributed by atoms with Gasteiger partial charge in [0.05, 0.1) is 6.61 Å². The first-order chi connectivity index (χ1) is 5.25. The standard InChI is InChI=1S/C6H9N3O2/c7-5(11)6-8-1-2-9(6)3-4-10/h1-2,10H,3-4H2,(H2,7,11). The van der Waals surface area contributed by atoms with Crippen LogP contribution in [0.5, 0.6) is 0 Å². The van der Waals surface area contributed by atoms with Crippen molar-refractivity contribution in [3.63, 3.8) is 0 Å². The number of hydrogen-bond acceptors (Lipinski definition) is 3. The van der Waals surface area contributed by atoms with Crippen LogP contribution in [0.1, 0.15) is 10.6 Å². The van der Waals surface area contributed by atoms with Gasteiger partial charge in [-0.1, -0.05) is 0 Å². The number of hydrogen-bond donors (Lipinski definition) is 2. The molecule has 0 atom stereocenters. The smallest absolute Gasteiger partial charge is 0.284 e. The van der Waals surface area contributed by atoms with Gasteiger partial charge in [-0.05, 0) is 0 Å². The van der Waals surface area contributed by atoms with Gasteiger partial charge >= 0.3 is 0 Å². The molecule has 0 aliphatic heterocycles. The van der Waals surface area contributed by atoms with Crippen LogP contribution in [0.2, 0.25) is 0 Å². The highest BCUT2D eigenvalue weighted by molar-refractivity contribution is 5.89. The van der Waals surface area contributed by atoms with Gasteiger partial charge in [0.15, 0.2) is 5.82 Å². The van der Waals surface area contributed by atoms with Gasteiger partial charge < -0.3 is 15.4 Å². The van der Waals surface area contributed by atoms with E-state index in [0.29, 0.717) is 6.54 Å². The van der Waals surface area contributed by atoms with Crippen molar-refractivity contribution in [3.8, 4) is 0 Å². The van der Waals surface area contributed by atoms with Crippen molar-refractivity contribution in [2.45, 2.75) is 6.54 Å². The first-order valence-electron chi connectivity index (χ1n) is 3.17. The zero-order chi connectivity index (χ0) is 8.27. The summed E-state index contributed by atoms with van der Waals surface area (Å²) in [6.45, 7) is 0.314. The number of aliphatic hydroxyl groups excluding tert-OH is 1. The Morgan fingerprint density at radius 3 is 3.09 bits per heavy atom. The number of carbonyl (C=O) groups is 1. The molecule has 1 heterocycles. The maximum Gasteiger partial charge on any atom is 0.284 e. The number of rotatable bonds is 3. The summed E-state index contributed by atoms with van der Waals surface area (Å²) in [6.07, 6.45) is 3.06. The molecule has 0 unspecified atom stereocenters. The summed E-state index contributed by atoms with van der Waals surface area (Å²) in [5, 5.41) is 8.54. The third-order valence-corrected chi connectivity index (χ3v) is 1.28. The molecule has 1 amide bonds. The predicted octanol–water partition coefficient (Wildman–Crippen LogP) is -1.03. The Hall–Kier alpha value is -1.36. The summed E-state index contributed by atoms with van der Waals surface area (Å²) in [7, 11) is 0. The van der Waals surface area contributed by atoms with E-state index >= 15 is 0 Å². The monoisotopic (exact) mass is 155 g/mol. The molecule has 1 rings (SSSR count). The fourth-order valence-electron chi connectivity index (χ4n) is 0.822. The summed E-state index contributed by atoms with van der Waals surface area (Å²) in [4.78, 5) is 14.3. The zero-order valence-corrected chi connectivity index (χ0v) is 5.90. The van der Waals surface area contributed by atoms with Crippen molar-refractivity contribution in [3.05, 3.63) is 18.2 Å². The second-order valence-electron chi connectivity index (χ2n) is 2.03. The number of nitrogens with two attached hydrogens (primary N) is 1. The Bertz CT molecular complexity index is 256. The molecule has 0 saturated heterocycles. The van der Waals surface area contributed by atoms with Gasteiger partial charge in [0, 0.05) is 18.9 Å². The van der Waals surface area contributed by atoms with Crippen molar-refractivity contribution in [2.24, 2.45) is 5.73 Å². The average Bonchev–Trinajstić information content (AvgIpc) is 2.36. The van der Waals surface area contributed by atoms with Crippen molar-refractivity contribution in [1.82, 2.24) is 9.55 Å². The van der Waals surface area contributed by atoms with Crippen LogP contribution in [-0.2, 0) is 6.54 Å². The van der Waals surface area contributed by atoms with Gasteiger partial charge in [0.1, 0.15) is 0 Å². The van der Waals surface area contributed by atoms with E-state index in [1.165, 1.54) is 10.8 Å². The van der Waals surface area contributed by atoms with Crippen LogP contribution >= 0.6 is 0 Å². The Labute approximate surface area is 63.5 Å². The first-order valence-corrected chi connectivity index (χ1v) is 3.17. The van der Waals surface area contributed by atoms with E-state index in [2.05, 4.69) is 4.98 Å². The Balaban J connectivity index is 2.87. The molecule has 11 heavy (non-hydrogen) atoms.